The molecule has 0 radical (unpaired) electrons. The highest BCUT2D eigenvalue weighted by Gasteiger charge is 2.18. The largest absolute Gasteiger partial charge is 0.488 e. The first kappa shape index (κ1) is 13.4. The molecular formula is C13H18BFO3. The van der Waals surface area contributed by atoms with Crippen molar-refractivity contribution >= 4 is 12.6 Å². The molecule has 0 amide bonds. The van der Waals surface area contributed by atoms with Crippen molar-refractivity contribution in [3.63, 3.8) is 0 Å². The molecule has 0 bridgehead atoms. The Balaban J connectivity index is 2.09. The SMILES string of the molecule is OB(O)c1ccc(F)c(OC2CCCCCC2)c1. The van der Waals surface area contributed by atoms with E-state index in [2.05, 4.69) is 0 Å². The Hall–Kier alpha value is -1.07. The summed E-state index contributed by atoms with van der Waals surface area (Å²) in [5.41, 5.74) is 0.250. The van der Waals surface area contributed by atoms with Gasteiger partial charge in [-0.1, -0.05) is 18.9 Å². The summed E-state index contributed by atoms with van der Waals surface area (Å²) in [5.74, 6) is -0.337. The Morgan fingerprint density at radius 2 is 1.78 bits per heavy atom. The van der Waals surface area contributed by atoms with E-state index in [1.54, 1.807) is 0 Å². The molecule has 5 heteroatoms. The predicted molar refractivity (Wildman–Crippen MR) is 68.3 cm³/mol. The predicted octanol–water partition coefficient (Wildman–Crippen LogP) is 1.61. The molecule has 0 heterocycles. The van der Waals surface area contributed by atoms with Crippen LogP contribution in [0.2, 0.25) is 0 Å². The molecule has 2 rings (SSSR count). The number of hydrogen-bond acceptors (Lipinski definition) is 3. The monoisotopic (exact) mass is 252 g/mol. The number of halogens is 1. The molecule has 0 aromatic heterocycles. The zero-order chi connectivity index (χ0) is 13.0. The van der Waals surface area contributed by atoms with Crippen LogP contribution in [0.3, 0.4) is 0 Å². The first-order chi connectivity index (χ1) is 8.66. The van der Waals surface area contributed by atoms with Crippen LogP contribution >= 0.6 is 0 Å². The number of hydrogen-bond donors (Lipinski definition) is 2. The second-order valence-electron chi connectivity index (χ2n) is 4.79. The van der Waals surface area contributed by atoms with Gasteiger partial charge in [0.15, 0.2) is 11.6 Å². The van der Waals surface area contributed by atoms with Gasteiger partial charge in [-0.2, -0.15) is 0 Å². The van der Waals surface area contributed by atoms with Crippen LogP contribution < -0.4 is 10.2 Å². The molecule has 98 valence electrons. The molecule has 18 heavy (non-hydrogen) atoms. The molecule has 0 aliphatic heterocycles. The summed E-state index contributed by atoms with van der Waals surface area (Å²) in [6.45, 7) is 0. The van der Waals surface area contributed by atoms with E-state index >= 15 is 0 Å². The Morgan fingerprint density at radius 3 is 2.39 bits per heavy atom. The fraction of sp³-hybridized carbons (Fsp3) is 0.538. The van der Waals surface area contributed by atoms with Gasteiger partial charge in [0, 0.05) is 0 Å². The van der Waals surface area contributed by atoms with Gasteiger partial charge in [0.1, 0.15) is 0 Å². The van der Waals surface area contributed by atoms with Gasteiger partial charge < -0.3 is 14.8 Å². The Bertz CT molecular complexity index is 390. The van der Waals surface area contributed by atoms with Gasteiger partial charge in [0.2, 0.25) is 0 Å². The van der Waals surface area contributed by atoms with E-state index in [0.717, 1.165) is 25.7 Å². The highest BCUT2D eigenvalue weighted by atomic mass is 19.1. The zero-order valence-electron chi connectivity index (χ0n) is 10.3. The van der Waals surface area contributed by atoms with E-state index in [4.69, 9.17) is 14.8 Å². The third-order valence-electron chi connectivity index (χ3n) is 3.35. The van der Waals surface area contributed by atoms with Crippen LogP contribution in [-0.4, -0.2) is 23.3 Å². The maximum absolute atomic E-state index is 13.6. The van der Waals surface area contributed by atoms with Crippen LogP contribution in [0.15, 0.2) is 18.2 Å². The lowest BCUT2D eigenvalue weighted by molar-refractivity contribution is 0.176. The van der Waals surface area contributed by atoms with Gasteiger partial charge in [-0.25, -0.2) is 4.39 Å². The summed E-state index contributed by atoms with van der Waals surface area (Å²) in [6.07, 6.45) is 6.53. The molecule has 0 unspecified atom stereocenters. The molecule has 1 aliphatic carbocycles. The minimum absolute atomic E-state index is 0.0353. The summed E-state index contributed by atoms with van der Waals surface area (Å²) < 4.78 is 19.3. The van der Waals surface area contributed by atoms with Crippen LogP contribution in [0.25, 0.3) is 0 Å². The van der Waals surface area contributed by atoms with Gasteiger partial charge in [0.25, 0.3) is 0 Å². The van der Waals surface area contributed by atoms with Crippen molar-refractivity contribution in [3.8, 4) is 5.75 Å². The molecule has 3 nitrogen and oxygen atoms in total. The minimum Gasteiger partial charge on any atom is -0.487 e. The summed E-state index contributed by atoms with van der Waals surface area (Å²) in [4.78, 5) is 0. The lowest BCUT2D eigenvalue weighted by Gasteiger charge is -2.18. The first-order valence-electron chi connectivity index (χ1n) is 6.49. The Morgan fingerprint density at radius 1 is 1.11 bits per heavy atom. The normalized spacial score (nSPS) is 17.3. The van der Waals surface area contributed by atoms with Crippen LogP contribution in [0, 0.1) is 5.82 Å². The number of benzene rings is 1. The molecule has 0 spiro atoms. The highest BCUT2D eigenvalue weighted by molar-refractivity contribution is 6.58. The maximum Gasteiger partial charge on any atom is 0.488 e. The van der Waals surface area contributed by atoms with Crippen molar-refractivity contribution in [1.29, 1.82) is 0 Å². The summed E-state index contributed by atoms with van der Waals surface area (Å²) >= 11 is 0. The fourth-order valence-electron chi connectivity index (χ4n) is 2.31. The maximum atomic E-state index is 13.6. The molecule has 0 saturated heterocycles. The minimum atomic E-state index is -1.60. The molecule has 1 fully saturated rings. The first-order valence-corrected chi connectivity index (χ1v) is 6.49. The second kappa shape index (κ2) is 6.20. The van der Waals surface area contributed by atoms with E-state index in [1.807, 2.05) is 0 Å². The third-order valence-corrected chi connectivity index (χ3v) is 3.35. The summed E-state index contributed by atoms with van der Waals surface area (Å²) in [6, 6.07) is 3.92. The van der Waals surface area contributed by atoms with Gasteiger partial charge in [-0.05, 0) is 43.3 Å². The smallest absolute Gasteiger partial charge is 0.487 e. The lowest BCUT2D eigenvalue weighted by Crippen LogP contribution is -2.30. The standard InChI is InChI=1S/C13H18BFO3/c15-12-8-7-10(14(16)17)9-13(12)18-11-5-3-1-2-4-6-11/h7-9,11,16-17H,1-6H2. The summed E-state index contributed by atoms with van der Waals surface area (Å²) in [7, 11) is -1.60. The molecule has 1 aromatic carbocycles. The molecule has 1 aliphatic rings. The highest BCUT2D eigenvalue weighted by Crippen LogP contribution is 2.24. The second-order valence-corrected chi connectivity index (χ2v) is 4.79. The fourth-order valence-corrected chi connectivity index (χ4v) is 2.31. The van der Waals surface area contributed by atoms with Gasteiger partial charge in [-0.15, -0.1) is 0 Å². The number of rotatable bonds is 3. The molecule has 0 atom stereocenters. The third kappa shape index (κ3) is 3.46. The Labute approximate surface area is 107 Å². The van der Waals surface area contributed by atoms with Crippen LogP contribution in [0.4, 0.5) is 4.39 Å². The van der Waals surface area contributed by atoms with E-state index in [0.29, 0.717) is 0 Å². The number of ether oxygens (including phenoxy) is 1. The van der Waals surface area contributed by atoms with Crippen molar-refractivity contribution in [2.75, 3.05) is 0 Å². The van der Waals surface area contributed by atoms with Gasteiger partial charge in [0.05, 0.1) is 6.10 Å². The molecule has 1 saturated carbocycles. The van der Waals surface area contributed by atoms with Crippen molar-refractivity contribution < 1.29 is 19.2 Å². The van der Waals surface area contributed by atoms with E-state index in [9.17, 15) is 4.39 Å². The lowest BCUT2D eigenvalue weighted by atomic mass is 9.80. The van der Waals surface area contributed by atoms with Gasteiger partial charge in [-0.3, -0.25) is 0 Å². The van der Waals surface area contributed by atoms with Crippen molar-refractivity contribution in [1.82, 2.24) is 0 Å². The van der Waals surface area contributed by atoms with Crippen LogP contribution in [0.5, 0.6) is 5.75 Å². The zero-order valence-corrected chi connectivity index (χ0v) is 10.3. The summed E-state index contributed by atoms with van der Waals surface area (Å²) in [5, 5.41) is 18.1. The van der Waals surface area contributed by atoms with E-state index in [-0.39, 0.29) is 17.3 Å². The van der Waals surface area contributed by atoms with Crippen molar-refractivity contribution in [3.05, 3.63) is 24.0 Å². The molecule has 2 N–H and O–H groups in total. The van der Waals surface area contributed by atoms with Crippen molar-refractivity contribution in [2.24, 2.45) is 0 Å². The van der Waals surface area contributed by atoms with Gasteiger partial charge >= 0.3 is 7.12 Å². The topological polar surface area (TPSA) is 49.7 Å². The van der Waals surface area contributed by atoms with Crippen LogP contribution in [0.1, 0.15) is 38.5 Å². The molecule has 1 aromatic rings. The quantitative estimate of drug-likeness (QED) is 0.634. The van der Waals surface area contributed by atoms with Crippen LogP contribution in [-0.2, 0) is 0 Å². The Kier molecular flexibility index (Phi) is 4.61. The van der Waals surface area contributed by atoms with Crippen molar-refractivity contribution in [2.45, 2.75) is 44.6 Å². The van der Waals surface area contributed by atoms with E-state index < -0.39 is 12.9 Å². The average Bonchev–Trinajstić information content (AvgIpc) is 2.60. The molecular weight excluding hydrogens is 234 g/mol. The average molecular weight is 252 g/mol. The van der Waals surface area contributed by atoms with E-state index in [1.165, 1.54) is 31.0 Å².